The van der Waals surface area contributed by atoms with Crippen LogP contribution in [0.3, 0.4) is 0 Å². The number of rotatable bonds is 2. The zero-order chi connectivity index (χ0) is 12.4. The lowest BCUT2D eigenvalue weighted by molar-refractivity contribution is 0.0930. The molecule has 1 saturated heterocycles. The molecule has 3 rings (SSSR count). The summed E-state index contributed by atoms with van der Waals surface area (Å²) in [4.78, 5) is 12.2. The highest BCUT2D eigenvalue weighted by atomic mass is 16.3. The van der Waals surface area contributed by atoms with E-state index < -0.39 is 0 Å². The average molecular weight is 244 g/mol. The summed E-state index contributed by atoms with van der Waals surface area (Å²) in [6.45, 7) is 1.94. The summed E-state index contributed by atoms with van der Waals surface area (Å²) in [5, 5.41) is 7.33. The molecule has 1 aromatic heterocycles. The Kier molecular flexibility index (Phi) is 3.02. The number of benzene rings is 1. The molecule has 0 aliphatic carbocycles. The SMILES string of the molecule is O=C(NC1CCNCC1)c1cccc2ccoc12. The highest BCUT2D eigenvalue weighted by Crippen LogP contribution is 2.20. The quantitative estimate of drug-likeness (QED) is 0.848. The molecule has 0 atom stereocenters. The fourth-order valence-corrected chi connectivity index (χ4v) is 2.40. The molecule has 2 N–H and O–H groups in total. The molecule has 1 aromatic carbocycles. The second kappa shape index (κ2) is 4.82. The van der Waals surface area contributed by atoms with E-state index in [1.54, 1.807) is 6.26 Å². The van der Waals surface area contributed by atoms with Crippen LogP contribution in [0, 0.1) is 0 Å². The normalized spacial score (nSPS) is 16.9. The fourth-order valence-electron chi connectivity index (χ4n) is 2.40. The van der Waals surface area contributed by atoms with Gasteiger partial charge in [0.1, 0.15) is 5.58 Å². The summed E-state index contributed by atoms with van der Waals surface area (Å²) < 4.78 is 5.39. The molecule has 1 aliphatic rings. The van der Waals surface area contributed by atoms with Crippen LogP contribution in [0.1, 0.15) is 23.2 Å². The number of furan rings is 1. The van der Waals surface area contributed by atoms with Gasteiger partial charge in [0.05, 0.1) is 11.8 Å². The highest BCUT2D eigenvalue weighted by molar-refractivity contribution is 6.04. The smallest absolute Gasteiger partial charge is 0.255 e. The maximum absolute atomic E-state index is 12.2. The third-order valence-electron chi connectivity index (χ3n) is 3.40. The zero-order valence-electron chi connectivity index (χ0n) is 10.1. The van der Waals surface area contributed by atoms with Crippen LogP contribution in [-0.4, -0.2) is 25.0 Å². The first-order valence-electron chi connectivity index (χ1n) is 6.32. The minimum atomic E-state index is -0.0394. The summed E-state index contributed by atoms with van der Waals surface area (Å²) in [5.74, 6) is -0.0394. The van der Waals surface area contributed by atoms with E-state index >= 15 is 0 Å². The highest BCUT2D eigenvalue weighted by Gasteiger charge is 2.18. The van der Waals surface area contributed by atoms with Crippen molar-refractivity contribution in [3.63, 3.8) is 0 Å². The Bertz CT molecular complexity index is 556. The maximum atomic E-state index is 12.2. The molecule has 0 bridgehead atoms. The first-order valence-corrected chi connectivity index (χ1v) is 6.32. The number of hydrogen-bond donors (Lipinski definition) is 2. The van der Waals surface area contributed by atoms with Gasteiger partial charge >= 0.3 is 0 Å². The molecule has 1 aliphatic heterocycles. The number of nitrogens with one attached hydrogen (secondary N) is 2. The molecule has 0 radical (unpaired) electrons. The topological polar surface area (TPSA) is 54.3 Å². The van der Waals surface area contributed by atoms with E-state index in [1.807, 2.05) is 24.3 Å². The lowest BCUT2D eigenvalue weighted by Crippen LogP contribution is -2.42. The Morgan fingerprint density at radius 3 is 2.94 bits per heavy atom. The number of para-hydroxylation sites is 1. The Morgan fingerprint density at radius 1 is 1.28 bits per heavy atom. The van der Waals surface area contributed by atoms with Crippen LogP contribution in [-0.2, 0) is 0 Å². The number of carbonyl (C=O) groups is 1. The van der Waals surface area contributed by atoms with Gasteiger partial charge in [-0.3, -0.25) is 4.79 Å². The second-order valence-corrected chi connectivity index (χ2v) is 4.64. The van der Waals surface area contributed by atoms with E-state index in [4.69, 9.17) is 4.42 Å². The first-order chi connectivity index (χ1) is 8.84. The number of piperidine rings is 1. The molecular weight excluding hydrogens is 228 g/mol. The van der Waals surface area contributed by atoms with Gasteiger partial charge in [-0.1, -0.05) is 12.1 Å². The van der Waals surface area contributed by atoms with Crippen molar-refractivity contribution in [3.8, 4) is 0 Å². The molecule has 0 spiro atoms. The minimum Gasteiger partial charge on any atom is -0.464 e. The molecule has 4 nitrogen and oxygen atoms in total. The van der Waals surface area contributed by atoms with Crippen LogP contribution in [0.15, 0.2) is 34.9 Å². The van der Waals surface area contributed by atoms with Crippen molar-refractivity contribution in [3.05, 3.63) is 36.1 Å². The summed E-state index contributed by atoms with van der Waals surface area (Å²) in [5.41, 5.74) is 1.29. The monoisotopic (exact) mass is 244 g/mol. The Labute approximate surface area is 105 Å². The van der Waals surface area contributed by atoms with Crippen LogP contribution >= 0.6 is 0 Å². The van der Waals surface area contributed by atoms with Crippen molar-refractivity contribution < 1.29 is 9.21 Å². The second-order valence-electron chi connectivity index (χ2n) is 4.64. The summed E-state index contributed by atoms with van der Waals surface area (Å²) in [6.07, 6.45) is 3.59. The van der Waals surface area contributed by atoms with Crippen molar-refractivity contribution in [2.45, 2.75) is 18.9 Å². The molecule has 0 saturated carbocycles. The molecule has 1 fully saturated rings. The number of carbonyl (C=O) groups excluding carboxylic acids is 1. The standard InChI is InChI=1S/C14H16N2O2/c17-14(16-11-4-7-15-8-5-11)12-3-1-2-10-6-9-18-13(10)12/h1-3,6,9,11,15H,4-5,7-8H2,(H,16,17). The van der Waals surface area contributed by atoms with E-state index in [1.165, 1.54) is 0 Å². The van der Waals surface area contributed by atoms with Crippen LogP contribution < -0.4 is 10.6 Å². The molecule has 94 valence electrons. The molecule has 0 unspecified atom stereocenters. The van der Waals surface area contributed by atoms with Crippen molar-refractivity contribution in [2.24, 2.45) is 0 Å². The summed E-state index contributed by atoms with van der Waals surface area (Å²) in [7, 11) is 0. The van der Waals surface area contributed by atoms with E-state index in [2.05, 4.69) is 10.6 Å². The predicted molar refractivity (Wildman–Crippen MR) is 69.6 cm³/mol. The molecular formula is C14H16N2O2. The summed E-state index contributed by atoms with van der Waals surface area (Å²) >= 11 is 0. The van der Waals surface area contributed by atoms with Gasteiger partial charge in [0.25, 0.3) is 5.91 Å². The predicted octanol–water partition coefficient (Wildman–Crippen LogP) is 1.91. The molecule has 2 heterocycles. The minimum absolute atomic E-state index is 0.0394. The van der Waals surface area contributed by atoms with Crippen molar-refractivity contribution >= 4 is 16.9 Å². The van der Waals surface area contributed by atoms with Gasteiger partial charge < -0.3 is 15.1 Å². The van der Waals surface area contributed by atoms with Crippen LogP contribution in [0.25, 0.3) is 11.0 Å². The average Bonchev–Trinajstić information content (AvgIpc) is 2.87. The van der Waals surface area contributed by atoms with Gasteiger partial charge in [-0.15, -0.1) is 0 Å². The third-order valence-corrected chi connectivity index (χ3v) is 3.40. The van der Waals surface area contributed by atoms with Crippen molar-refractivity contribution in [1.82, 2.24) is 10.6 Å². The first kappa shape index (κ1) is 11.3. The van der Waals surface area contributed by atoms with Gasteiger partial charge in [0, 0.05) is 11.4 Å². The Hall–Kier alpha value is -1.81. The third kappa shape index (κ3) is 2.11. The molecule has 18 heavy (non-hydrogen) atoms. The lowest BCUT2D eigenvalue weighted by Gasteiger charge is -2.23. The van der Waals surface area contributed by atoms with E-state index in [9.17, 15) is 4.79 Å². The molecule has 1 amide bonds. The summed E-state index contributed by atoms with van der Waals surface area (Å²) in [6, 6.07) is 7.78. The van der Waals surface area contributed by atoms with E-state index in [0.29, 0.717) is 11.1 Å². The number of fused-ring (bicyclic) bond motifs is 1. The lowest BCUT2D eigenvalue weighted by atomic mass is 10.1. The number of amides is 1. The van der Waals surface area contributed by atoms with Gasteiger partial charge in [-0.2, -0.15) is 0 Å². The molecule has 4 heteroatoms. The molecule has 2 aromatic rings. The number of hydrogen-bond acceptors (Lipinski definition) is 3. The van der Waals surface area contributed by atoms with Gasteiger partial charge in [0.2, 0.25) is 0 Å². The van der Waals surface area contributed by atoms with Crippen LogP contribution in [0.2, 0.25) is 0 Å². The zero-order valence-corrected chi connectivity index (χ0v) is 10.1. The Morgan fingerprint density at radius 2 is 2.11 bits per heavy atom. The Balaban J connectivity index is 1.81. The van der Waals surface area contributed by atoms with Crippen LogP contribution in [0.4, 0.5) is 0 Å². The van der Waals surface area contributed by atoms with Gasteiger partial charge in [-0.25, -0.2) is 0 Å². The van der Waals surface area contributed by atoms with E-state index in [0.717, 1.165) is 31.3 Å². The van der Waals surface area contributed by atoms with Gasteiger partial charge in [0.15, 0.2) is 0 Å². The van der Waals surface area contributed by atoms with E-state index in [-0.39, 0.29) is 11.9 Å². The maximum Gasteiger partial charge on any atom is 0.255 e. The fraction of sp³-hybridized carbons (Fsp3) is 0.357. The van der Waals surface area contributed by atoms with Crippen molar-refractivity contribution in [1.29, 1.82) is 0 Å². The van der Waals surface area contributed by atoms with Crippen molar-refractivity contribution in [2.75, 3.05) is 13.1 Å². The largest absolute Gasteiger partial charge is 0.464 e. The van der Waals surface area contributed by atoms with Gasteiger partial charge in [-0.05, 0) is 38.1 Å². The van der Waals surface area contributed by atoms with Crippen LogP contribution in [0.5, 0.6) is 0 Å².